The molecule has 0 aliphatic heterocycles. The predicted octanol–water partition coefficient (Wildman–Crippen LogP) is 1.11. The maximum absolute atomic E-state index is 12.4. The molecule has 0 aliphatic carbocycles. The van der Waals surface area contributed by atoms with Gasteiger partial charge in [-0.3, -0.25) is 4.79 Å². The molecular weight excluding hydrogens is 266 g/mol. The smallest absolute Gasteiger partial charge is 0.269 e. The highest BCUT2D eigenvalue weighted by atomic mass is 35.7. The fourth-order valence-electron chi connectivity index (χ4n) is 0.972. The summed E-state index contributed by atoms with van der Waals surface area (Å²) in [6, 6.07) is 1.72. The van der Waals surface area contributed by atoms with Crippen LogP contribution in [-0.2, 0) is 9.05 Å². The molecule has 0 aliphatic rings. The monoisotopic (exact) mass is 268 g/mol. The molecule has 0 spiro atoms. The fourth-order valence-corrected chi connectivity index (χ4v) is 1.86. The summed E-state index contributed by atoms with van der Waals surface area (Å²) in [4.78, 5) is 11.8. The Morgan fingerprint density at radius 1 is 1.50 bits per heavy atom. The van der Waals surface area contributed by atoms with E-state index < -0.39 is 37.2 Å². The van der Waals surface area contributed by atoms with E-state index in [1.807, 2.05) is 0 Å². The molecule has 0 saturated carbocycles. The molecule has 86 valence electrons. The summed E-state index contributed by atoms with van der Waals surface area (Å²) in [7, 11) is 0.432. The predicted molar refractivity (Wildman–Crippen MR) is 49.8 cm³/mol. The van der Waals surface area contributed by atoms with Crippen molar-refractivity contribution in [1.82, 2.24) is 4.98 Å². The third kappa shape index (κ3) is 2.37. The van der Waals surface area contributed by atoms with Crippen molar-refractivity contribution in [3.63, 3.8) is 0 Å². The molecule has 0 unspecified atom stereocenters. The first-order valence-corrected chi connectivity index (χ1v) is 5.98. The zero-order valence-electron chi connectivity index (χ0n) is 7.37. The van der Waals surface area contributed by atoms with Crippen molar-refractivity contribution in [2.24, 2.45) is 0 Å². The van der Waals surface area contributed by atoms with Gasteiger partial charge in [-0.2, -0.15) is 5.26 Å². The second-order valence-electron chi connectivity index (χ2n) is 2.64. The van der Waals surface area contributed by atoms with Gasteiger partial charge in [0, 0.05) is 10.7 Å². The molecule has 16 heavy (non-hydrogen) atoms. The number of nitriles is 1. The first kappa shape index (κ1) is 12.6. The molecule has 1 aromatic rings. The molecule has 0 bridgehead atoms. The quantitative estimate of drug-likeness (QED) is 0.814. The fraction of sp³-hybridized carbons (Fsp3) is 0.143. The summed E-state index contributed by atoms with van der Waals surface area (Å²) in [5, 5.41) is 8.45. The van der Waals surface area contributed by atoms with Gasteiger partial charge in [-0.05, 0) is 6.07 Å². The summed E-state index contributed by atoms with van der Waals surface area (Å²) in [6.45, 7) is 0. The molecule has 1 heterocycles. The number of aromatic amines is 1. The van der Waals surface area contributed by atoms with E-state index in [1.54, 1.807) is 4.98 Å². The molecule has 1 N–H and O–H groups in total. The number of pyridine rings is 1. The van der Waals surface area contributed by atoms with E-state index in [0.29, 0.717) is 6.07 Å². The molecule has 0 saturated heterocycles. The number of hydrogen-bond donors (Lipinski definition) is 1. The largest absolute Gasteiger partial charge is 0.312 e. The van der Waals surface area contributed by atoms with Crippen LogP contribution >= 0.6 is 10.7 Å². The van der Waals surface area contributed by atoms with E-state index in [4.69, 9.17) is 15.9 Å². The highest BCUT2D eigenvalue weighted by molar-refractivity contribution is 8.13. The van der Waals surface area contributed by atoms with Gasteiger partial charge in [-0.25, -0.2) is 17.2 Å². The lowest BCUT2D eigenvalue weighted by Gasteiger charge is -2.03. The van der Waals surface area contributed by atoms with E-state index in [2.05, 4.69) is 0 Å². The van der Waals surface area contributed by atoms with Gasteiger partial charge in [0.1, 0.15) is 16.7 Å². The number of halogens is 3. The summed E-state index contributed by atoms with van der Waals surface area (Å²) in [5.74, 6) is 0. The summed E-state index contributed by atoms with van der Waals surface area (Å²) < 4.78 is 46.5. The van der Waals surface area contributed by atoms with Crippen molar-refractivity contribution >= 4 is 19.7 Å². The van der Waals surface area contributed by atoms with Crippen LogP contribution in [0.15, 0.2) is 15.8 Å². The molecule has 5 nitrogen and oxygen atoms in total. The standard InChI is InChI=1S/C7H3ClF2N2O3S/c8-16(14,15)5-1-3(6(9)10)4(2-11)12-7(5)13/h1,6H,(H,12,13). The van der Waals surface area contributed by atoms with Crippen LogP contribution in [0.4, 0.5) is 8.78 Å². The molecule has 1 rings (SSSR count). The van der Waals surface area contributed by atoms with Crippen LogP contribution < -0.4 is 5.56 Å². The number of rotatable bonds is 2. The van der Waals surface area contributed by atoms with Crippen molar-refractivity contribution in [2.45, 2.75) is 11.3 Å². The Balaban J connectivity index is 3.67. The number of H-pyrrole nitrogens is 1. The van der Waals surface area contributed by atoms with E-state index in [9.17, 15) is 22.0 Å². The summed E-state index contributed by atoms with van der Waals surface area (Å²) in [5.41, 5.74) is -2.79. The lowest BCUT2D eigenvalue weighted by Crippen LogP contribution is -2.17. The minimum atomic E-state index is -4.43. The number of aromatic nitrogens is 1. The maximum Gasteiger partial charge on any atom is 0.269 e. The summed E-state index contributed by atoms with van der Waals surface area (Å²) in [6.07, 6.45) is -3.09. The van der Waals surface area contributed by atoms with Gasteiger partial charge in [-0.15, -0.1) is 0 Å². The van der Waals surface area contributed by atoms with Crippen molar-refractivity contribution < 1.29 is 17.2 Å². The third-order valence-corrected chi connectivity index (χ3v) is 2.97. The third-order valence-electron chi connectivity index (χ3n) is 1.65. The maximum atomic E-state index is 12.4. The highest BCUT2D eigenvalue weighted by Crippen LogP contribution is 2.23. The Bertz CT molecular complexity index is 617. The van der Waals surface area contributed by atoms with E-state index in [0.717, 1.165) is 0 Å². The van der Waals surface area contributed by atoms with Crippen LogP contribution in [0, 0.1) is 11.3 Å². The zero-order valence-corrected chi connectivity index (χ0v) is 8.94. The van der Waals surface area contributed by atoms with Crippen LogP contribution in [0.3, 0.4) is 0 Å². The molecule has 0 fully saturated rings. The van der Waals surface area contributed by atoms with Crippen LogP contribution in [0.25, 0.3) is 0 Å². The van der Waals surface area contributed by atoms with Gasteiger partial charge >= 0.3 is 0 Å². The normalized spacial score (nSPS) is 11.4. The van der Waals surface area contributed by atoms with Gasteiger partial charge in [0.05, 0.1) is 5.56 Å². The first-order valence-electron chi connectivity index (χ1n) is 3.67. The Morgan fingerprint density at radius 2 is 2.06 bits per heavy atom. The molecule has 0 aromatic carbocycles. The Kier molecular flexibility index (Phi) is 3.30. The topological polar surface area (TPSA) is 90.8 Å². The Labute approximate surface area is 92.7 Å². The number of nitrogens with zero attached hydrogens (tertiary/aromatic N) is 1. The van der Waals surface area contributed by atoms with Crippen LogP contribution in [-0.4, -0.2) is 13.4 Å². The SMILES string of the molecule is N#Cc1[nH]c(=O)c(S(=O)(=O)Cl)cc1C(F)F. The summed E-state index contributed by atoms with van der Waals surface area (Å²) >= 11 is 0. The molecule has 9 heteroatoms. The lowest BCUT2D eigenvalue weighted by atomic mass is 10.2. The second-order valence-corrected chi connectivity index (χ2v) is 5.18. The molecule has 0 amide bonds. The minimum Gasteiger partial charge on any atom is -0.312 e. The molecule has 0 atom stereocenters. The molecule has 1 aromatic heterocycles. The van der Waals surface area contributed by atoms with Crippen molar-refractivity contribution in [3.8, 4) is 6.07 Å². The van der Waals surface area contributed by atoms with Crippen molar-refractivity contribution in [3.05, 3.63) is 27.7 Å². The van der Waals surface area contributed by atoms with Crippen molar-refractivity contribution in [1.29, 1.82) is 5.26 Å². The van der Waals surface area contributed by atoms with Crippen LogP contribution in [0.5, 0.6) is 0 Å². The average molecular weight is 269 g/mol. The van der Waals surface area contributed by atoms with Crippen LogP contribution in [0.1, 0.15) is 17.7 Å². The first-order chi connectivity index (χ1) is 7.27. The molecule has 0 radical (unpaired) electrons. The zero-order chi connectivity index (χ0) is 12.5. The number of hydrogen-bond acceptors (Lipinski definition) is 4. The highest BCUT2D eigenvalue weighted by Gasteiger charge is 2.22. The minimum absolute atomic E-state index is 0.393. The van der Waals surface area contributed by atoms with Gasteiger partial charge < -0.3 is 4.98 Å². The van der Waals surface area contributed by atoms with E-state index in [-0.39, 0.29) is 0 Å². The Morgan fingerprint density at radius 3 is 2.44 bits per heavy atom. The average Bonchev–Trinajstić information content (AvgIpc) is 2.14. The van der Waals surface area contributed by atoms with Crippen molar-refractivity contribution in [2.75, 3.05) is 0 Å². The molecular formula is C7H3ClF2N2O3S. The number of alkyl halides is 2. The number of nitrogens with one attached hydrogen (secondary N) is 1. The van der Waals surface area contributed by atoms with Gasteiger partial charge in [-0.1, -0.05) is 0 Å². The van der Waals surface area contributed by atoms with Gasteiger partial charge in [0.2, 0.25) is 0 Å². The van der Waals surface area contributed by atoms with Gasteiger partial charge in [0.25, 0.3) is 21.0 Å². The van der Waals surface area contributed by atoms with Crippen LogP contribution in [0.2, 0.25) is 0 Å². The Hall–Kier alpha value is -1.46. The second kappa shape index (κ2) is 4.19. The lowest BCUT2D eigenvalue weighted by molar-refractivity contribution is 0.150. The van der Waals surface area contributed by atoms with E-state index in [1.165, 1.54) is 6.07 Å². The van der Waals surface area contributed by atoms with E-state index >= 15 is 0 Å². The van der Waals surface area contributed by atoms with Gasteiger partial charge in [0.15, 0.2) is 0 Å².